The number of nitrogens with zero attached hydrogens (tertiary/aromatic N) is 2. The number of nitrogens with one attached hydrogen (secondary N) is 1. The van der Waals surface area contributed by atoms with Crippen molar-refractivity contribution >= 4 is 17.5 Å². The fourth-order valence-corrected chi connectivity index (χ4v) is 5.33. The molecule has 9 nitrogen and oxygen atoms in total. The summed E-state index contributed by atoms with van der Waals surface area (Å²) < 4.78 is 52.5. The summed E-state index contributed by atoms with van der Waals surface area (Å²) in [5.41, 5.74) is -1.51. The van der Waals surface area contributed by atoms with Crippen molar-refractivity contribution in [1.29, 1.82) is 0 Å². The second-order valence-electron chi connectivity index (χ2n) is 10.4. The van der Waals surface area contributed by atoms with E-state index in [1.165, 1.54) is 0 Å². The van der Waals surface area contributed by atoms with Gasteiger partial charge in [-0.2, -0.15) is 0 Å². The molecule has 0 spiro atoms. The molecule has 0 saturated heterocycles. The van der Waals surface area contributed by atoms with Crippen LogP contribution in [0.5, 0.6) is 5.75 Å². The van der Waals surface area contributed by atoms with E-state index in [1.54, 1.807) is 18.2 Å². The van der Waals surface area contributed by atoms with E-state index in [4.69, 9.17) is 20.8 Å². The molecule has 202 valence electrons. The van der Waals surface area contributed by atoms with Gasteiger partial charge in [-0.1, -0.05) is 11.6 Å². The maximum atomic E-state index is 13.0. The highest BCUT2D eigenvalue weighted by Gasteiger charge is 2.47. The summed E-state index contributed by atoms with van der Waals surface area (Å²) in [5, 5.41) is 33.0. The summed E-state index contributed by atoms with van der Waals surface area (Å²) in [6.45, 7) is 1.87. The molecule has 1 amide bonds. The van der Waals surface area contributed by atoms with E-state index >= 15 is 0 Å². The molecule has 13 heteroatoms. The highest BCUT2D eigenvalue weighted by atomic mass is 35.5. The molecule has 2 aromatic rings. The Morgan fingerprint density at radius 1 is 1.19 bits per heavy atom. The molecule has 2 heterocycles. The number of benzene rings is 1. The van der Waals surface area contributed by atoms with Crippen molar-refractivity contribution in [3.05, 3.63) is 40.6 Å². The van der Waals surface area contributed by atoms with E-state index in [-0.39, 0.29) is 55.7 Å². The van der Waals surface area contributed by atoms with Crippen LogP contribution in [0.25, 0.3) is 0 Å². The van der Waals surface area contributed by atoms with Crippen molar-refractivity contribution in [2.24, 2.45) is 0 Å². The third-order valence-corrected chi connectivity index (χ3v) is 7.75. The Balaban J connectivity index is 1.16. The van der Waals surface area contributed by atoms with Crippen LogP contribution in [-0.4, -0.2) is 50.4 Å². The first-order chi connectivity index (χ1) is 17.3. The molecule has 1 aromatic heterocycles. The van der Waals surface area contributed by atoms with Gasteiger partial charge in [0.15, 0.2) is 6.10 Å². The fraction of sp³-hybridized carbons (Fsp3) is 0.625. The van der Waals surface area contributed by atoms with Gasteiger partial charge in [-0.3, -0.25) is 9.53 Å². The van der Waals surface area contributed by atoms with Crippen LogP contribution in [0.3, 0.4) is 0 Å². The Morgan fingerprint density at radius 3 is 2.57 bits per heavy atom. The van der Waals surface area contributed by atoms with Crippen molar-refractivity contribution in [3.63, 3.8) is 0 Å². The van der Waals surface area contributed by atoms with Crippen LogP contribution in [0, 0.1) is 0 Å². The molecule has 1 aromatic carbocycles. The minimum absolute atomic E-state index is 0.0186. The Bertz CT molecular complexity index is 1160. The average Bonchev–Trinajstić information content (AvgIpc) is 3.28. The monoisotopic (exact) mass is 545 g/mol. The lowest BCUT2D eigenvalue weighted by Gasteiger charge is -2.42. The minimum Gasteiger partial charge on any atom is -0.480 e. The highest BCUT2D eigenvalue weighted by molar-refractivity contribution is 6.30. The number of rotatable bonds is 5. The van der Waals surface area contributed by atoms with Gasteiger partial charge in [0, 0.05) is 28.5 Å². The standard InChI is InChI=1S/C24H27ClF3N3O6/c1-22(29-19(33)18-11-16(32)15-10-13(25)2-3-17(15)35-18)4-6-23(34,7-5-22)21-31-30-20(36-21)12-8-14(9-12)37-24(26,27)28/h2-3,10,12,14,16,18,32,34H,4-9,11H2,1H3,(H,29,33)/t12-,14+,16-,18-,22?,23?/m0/s1. The first-order valence-electron chi connectivity index (χ1n) is 12.1. The Labute approximate surface area is 215 Å². The summed E-state index contributed by atoms with van der Waals surface area (Å²) in [6.07, 6.45) is -5.83. The summed E-state index contributed by atoms with van der Waals surface area (Å²) >= 11 is 5.99. The number of alkyl halides is 3. The summed E-state index contributed by atoms with van der Waals surface area (Å²) in [5.74, 6) is -0.112. The zero-order valence-electron chi connectivity index (χ0n) is 19.9. The number of aliphatic hydroxyl groups excluding tert-OH is 1. The molecule has 3 N–H and O–H groups in total. The maximum absolute atomic E-state index is 13.0. The van der Waals surface area contributed by atoms with Crippen molar-refractivity contribution in [2.45, 2.75) is 93.6 Å². The van der Waals surface area contributed by atoms with Gasteiger partial charge in [-0.25, -0.2) is 0 Å². The topological polar surface area (TPSA) is 127 Å². The van der Waals surface area contributed by atoms with Crippen molar-refractivity contribution in [1.82, 2.24) is 15.5 Å². The molecule has 2 aliphatic carbocycles. The molecular formula is C24H27ClF3N3O6. The quantitative estimate of drug-likeness (QED) is 0.514. The third-order valence-electron chi connectivity index (χ3n) is 7.52. The Morgan fingerprint density at radius 2 is 1.89 bits per heavy atom. The van der Waals surface area contributed by atoms with E-state index in [1.807, 2.05) is 6.92 Å². The van der Waals surface area contributed by atoms with Gasteiger partial charge in [-0.05, 0) is 63.6 Å². The summed E-state index contributed by atoms with van der Waals surface area (Å²) in [7, 11) is 0. The van der Waals surface area contributed by atoms with E-state index < -0.39 is 35.8 Å². The number of carbonyl (C=O) groups excluding carboxylic acids is 1. The first kappa shape index (κ1) is 26.2. The zero-order chi connectivity index (χ0) is 26.6. The SMILES string of the molecule is CC1(NC(=O)[C@@H]2C[C@H](O)c3cc(Cl)ccc3O2)CCC(O)(c2nnc([C@H]3C[C@@H](OC(F)(F)F)C3)o2)CC1. The number of ether oxygens (including phenoxy) is 2. The van der Waals surface area contributed by atoms with Crippen LogP contribution >= 0.6 is 11.6 Å². The molecule has 2 fully saturated rings. The van der Waals surface area contributed by atoms with Crippen molar-refractivity contribution < 1.29 is 42.1 Å². The molecule has 5 rings (SSSR count). The van der Waals surface area contributed by atoms with Gasteiger partial charge in [0.05, 0.1) is 12.2 Å². The second kappa shape index (κ2) is 9.40. The minimum atomic E-state index is -4.68. The molecular weight excluding hydrogens is 519 g/mol. The predicted octanol–water partition coefficient (Wildman–Crippen LogP) is 4.03. The zero-order valence-corrected chi connectivity index (χ0v) is 20.7. The summed E-state index contributed by atoms with van der Waals surface area (Å²) in [6, 6.07) is 4.86. The van der Waals surface area contributed by atoms with E-state index in [0.29, 0.717) is 29.2 Å². The number of carbonyl (C=O) groups is 1. The molecule has 0 bridgehead atoms. The molecule has 0 radical (unpaired) electrons. The third kappa shape index (κ3) is 5.57. The van der Waals surface area contributed by atoms with Crippen LogP contribution in [0.2, 0.25) is 5.02 Å². The normalized spacial score (nSPS) is 33.7. The number of hydrogen-bond acceptors (Lipinski definition) is 8. The molecule has 1 aliphatic heterocycles. The lowest BCUT2D eigenvalue weighted by atomic mass is 9.74. The molecule has 37 heavy (non-hydrogen) atoms. The van der Waals surface area contributed by atoms with E-state index in [9.17, 15) is 28.2 Å². The second-order valence-corrected chi connectivity index (χ2v) is 10.9. The van der Waals surface area contributed by atoms with Crippen LogP contribution in [0.4, 0.5) is 13.2 Å². The number of hydrogen-bond donors (Lipinski definition) is 3. The van der Waals surface area contributed by atoms with Crippen LogP contribution in [0.15, 0.2) is 22.6 Å². The fourth-order valence-electron chi connectivity index (χ4n) is 5.15. The average molecular weight is 546 g/mol. The summed E-state index contributed by atoms with van der Waals surface area (Å²) in [4.78, 5) is 13.0. The molecule has 2 saturated carbocycles. The smallest absolute Gasteiger partial charge is 0.480 e. The van der Waals surface area contributed by atoms with Crippen molar-refractivity contribution in [3.8, 4) is 5.75 Å². The molecule has 0 unspecified atom stereocenters. The largest absolute Gasteiger partial charge is 0.522 e. The van der Waals surface area contributed by atoms with Gasteiger partial charge in [0.25, 0.3) is 5.91 Å². The highest BCUT2D eigenvalue weighted by Crippen LogP contribution is 2.44. The van der Waals surface area contributed by atoms with Gasteiger partial charge >= 0.3 is 6.36 Å². The van der Waals surface area contributed by atoms with Crippen molar-refractivity contribution in [2.75, 3.05) is 0 Å². The Hall–Kier alpha value is -2.41. The van der Waals surface area contributed by atoms with Gasteiger partial charge in [0.1, 0.15) is 11.4 Å². The number of halogens is 4. The number of amides is 1. The number of fused-ring (bicyclic) bond motifs is 1. The van der Waals surface area contributed by atoms with Gasteiger partial charge < -0.3 is 24.7 Å². The Kier molecular flexibility index (Phi) is 6.66. The number of aromatic nitrogens is 2. The molecule has 2 atom stereocenters. The lowest BCUT2D eigenvalue weighted by molar-refractivity contribution is -0.352. The van der Waals surface area contributed by atoms with E-state index in [0.717, 1.165) is 0 Å². The van der Waals surface area contributed by atoms with Crippen LogP contribution < -0.4 is 10.1 Å². The number of aliphatic hydroxyl groups is 2. The van der Waals surface area contributed by atoms with E-state index in [2.05, 4.69) is 20.3 Å². The molecule has 3 aliphatic rings. The van der Waals surface area contributed by atoms with Gasteiger partial charge in [-0.15, -0.1) is 23.4 Å². The first-order valence-corrected chi connectivity index (χ1v) is 12.5. The van der Waals surface area contributed by atoms with Crippen LogP contribution in [0.1, 0.15) is 81.2 Å². The van der Waals surface area contributed by atoms with Crippen LogP contribution in [-0.2, 0) is 15.1 Å². The maximum Gasteiger partial charge on any atom is 0.522 e. The predicted molar refractivity (Wildman–Crippen MR) is 122 cm³/mol. The lowest BCUT2D eigenvalue weighted by Crippen LogP contribution is -2.55. The van der Waals surface area contributed by atoms with Gasteiger partial charge in [0.2, 0.25) is 11.8 Å².